The largest absolute Gasteiger partial charge is 2.00 e. The van der Waals surface area contributed by atoms with Crippen LogP contribution in [0, 0.1) is 24.5 Å². The second kappa shape index (κ2) is 11.7. The van der Waals surface area contributed by atoms with Gasteiger partial charge in [-0.25, -0.2) is 11.3 Å². The zero-order valence-electron chi connectivity index (χ0n) is 25.0. The SMILES string of the molecule is Cc1sc(-c2nccc3c2sc2cc(CC(C)(C)C)ccc23)[c-]c1Oc1[c-]c(-c2cc(C(C)(C)C)ccn2)ccc1.[Pt+2]. The molecule has 0 N–H and O–H groups in total. The van der Waals surface area contributed by atoms with Crippen molar-refractivity contribution >= 4 is 42.8 Å². The third kappa shape index (κ3) is 6.39. The maximum atomic E-state index is 6.35. The number of hydrogen-bond donors (Lipinski definition) is 0. The van der Waals surface area contributed by atoms with Gasteiger partial charge in [0.1, 0.15) is 0 Å². The van der Waals surface area contributed by atoms with Crippen LogP contribution in [-0.4, -0.2) is 9.97 Å². The first-order valence-electron chi connectivity index (χ1n) is 13.9. The van der Waals surface area contributed by atoms with Crippen LogP contribution in [0.25, 0.3) is 42.0 Å². The van der Waals surface area contributed by atoms with E-state index in [0.29, 0.717) is 11.5 Å². The Balaban J connectivity index is 0.00000353. The molecular formula is C36H34N2OPtS2. The summed E-state index contributed by atoms with van der Waals surface area (Å²) < 4.78 is 8.85. The van der Waals surface area contributed by atoms with Gasteiger partial charge in [0.25, 0.3) is 0 Å². The molecular weight excluding hydrogens is 736 g/mol. The fourth-order valence-corrected chi connectivity index (χ4v) is 7.27. The first-order chi connectivity index (χ1) is 19.4. The number of rotatable bonds is 5. The topological polar surface area (TPSA) is 35.0 Å². The summed E-state index contributed by atoms with van der Waals surface area (Å²) in [5.41, 5.74) is 5.67. The third-order valence-electron chi connectivity index (χ3n) is 7.09. The summed E-state index contributed by atoms with van der Waals surface area (Å²) in [5, 5.41) is 2.52. The number of aryl methyl sites for hydroxylation is 1. The molecule has 6 heteroatoms. The summed E-state index contributed by atoms with van der Waals surface area (Å²) >= 11 is 3.48. The predicted octanol–water partition coefficient (Wildman–Crippen LogP) is 10.8. The molecule has 2 aromatic carbocycles. The number of benzene rings is 2. The van der Waals surface area contributed by atoms with Crippen molar-refractivity contribution in [3.8, 4) is 33.3 Å². The fraction of sp³-hybridized carbons (Fsp3) is 0.278. The average molecular weight is 770 g/mol. The van der Waals surface area contributed by atoms with Gasteiger partial charge in [0, 0.05) is 33.3 Å². The molecule has 3 nitrogen and oxygen atoms in total. The van der Waals surface area contributed by atoms with E-state index in [2.05, 4.69) is 102 Å². The van der Waals surface area contributed by atoms with Crippen molar-refractivity contribution in [3.63, 3.8) is 0 Å². The Morgan fingerprint density at radius 1 is 0.833 bits per heavy atom. The molecule has 0 atom stereocenters. The molecule has 6 rings (SSSR count). The number of ether oxygens (including phenoxy) is 1. The number of thiophene rings is 2. The molecule has 0 fully saturated rings. The fourth-order valence-electron chi connectivity index (χ4n) is 5.06. The van der Waals surface area contributed by atoms with E-state index in [9.17, 15) is 0 Å². The van der Waals surface area contributed by atoms with Crippen molar-refractivity contribution in [2.45, 2.75) is 60.3 Å². The molecule has 0 saturated carbocycles. The van der Waals surface area contributed by atoms with E-state index in [4.69, 9.17) is 9.72 Å². The van der Waals surface area contributed by atoms with Crippen molar-refractivity contribution in [1.29, 1.82) is 0 Å². The van der Waals surface area contributed by atoms with Gasteiger partial charge in [-0.05, 0) is 68.7 Å². The van der Waals surface area contributed by atoms with Crippen LogP contribution in [0.4, 0.5) is 0 Å². The molecule has 6 aromatic rings. The zero-order valence-corrected chi connectivity index (χ0v) is 28.9. The third-order valence-corrected chi connectivity index (χ3v) is 9.25. The molecule has 0 bridgehead atoms. The average Bonchev–Trinajstić information content (AvgIpc) is 3.47. The van der Waals surface area contributed by atoms with Gasteiger partial charge < -0.3 is 14.7 Å². The monoisotopic (exact) mass is 769 g/mol. The van der Waals surface area contributed by atoms with E-state index in [1.807, 2.05) is 41.9 Å². The van der Waals surface area contributed by atoms with Crippen LogP contribution >= 0.6 is 22.7 Å². The van der Waals surface area contributed by atoms with E-state index in [1.165, 1.54) is 31.3 Å². The Bertz CT molecular complexity index is 1890. The van der Waals surface area contributed by atoms with Gasteiger partial charge in [-0.3, -0.25) is 0 Å². The van der Waals surface area contributed by atoms with Crippen molar-refractivity contribution in [3.05, 3.63) is 95.1 Å². The standard InChI is InChI=1S/C36H34N2OS2.Pt/c1-22-30(39-26-10-8-9-24(18-26)29-19-25(13-15-37-29)36(5,6)7)20-32(40-22)33-34-28(14-16-38-33)27-12-11-23(17-31(27)41-34)21-35(2,3)4;/h8-17,19H,21H2,1-7H3;/q-2;+2. The molecule has 0 saturated heterocycles. The van der Waals surface area contributed by atoms with E-state index >= 15 is 0 Å². The van der Waals surface area contributed by atoms with Gasteiger partial charge in [0.05, 0.1) is 0 Å². The molecule has 4 heterocycles. The van der Waals surface area contributed by atoms with Gasteiger partial charge in [-0.1, -0.05) is 82.5 Å². The first-order valence-corrected chi connectivity index (χ1v) is 15.6. The van der Waals surface area contributed by atoms with Crippen LogP contribution in [0.2, 0.25) is 0 Å². The van der Waals surface area contributed by atoms with Crippen LogP contribution in [0.1, 0.15) is 57.5 Å². The molecule has 0 aliphatic carbocycles. The maximum Gasteiger partial charge on any atom is 2.00 e. The van der Waals surface area contributed by atoms with Crippen LogP contribution < -0.4 is 4.74 Å². The second-order valence-electron chi connectivity index (χ2n) is 12.9. The number of hydrogen-bond acceptors (Lipinski definition) is 5. The van der Waals surface area contributed by atoms with E-state index in [-0.39, 0.29) is 31.9 Å². The molecule has 216 valence electrons. The summed E-state index contributed by atoms with van der Waals surface area (Å²) in [6, 6.07) is 26.1. The first kappa shape index (κ1) is 30.6. The molecule has 4 aromatic heterocycles. The van der Waals surface area contributed by atoms with Gasteiger partial charge in [-0.15, -0.1) is 41.2 Å². The summed E-state index contributed by atoms with van der Waals surface area (Å²) in [5.74, 6) is 1.36. The van der Waals surface area contributed by atoms with Crippen LogP contribution in [0.5, 0.6) is 11.5 Å². The quantitative estimate of drug-likeness (QED) is 0.164. The smallest absolute Gasteiger partial charge is 0.502 e. The summed E-state index contributed by atoms with van der Waals surface area (Å²) in [4.78, 5) is 11.5. The van der Waals surface area contributed by atoms with Gasteiger partial charge in [-0.2, -0.15) is 0 Å². The maximum absolute atomic E-state index is 6.35. The molecule has 0 unspecified atom stereocenters. The summed E-state index contributed by atoms with van der Waals surface area (Å²) in [7, 11) is 0. The van der Waals surface area contributed by atoms with Crippen molar-refractivity contribution in [2.24, 2.45) is 5.41 Å². The molecule has 0 aliphatic heterocycles. The van der Waals surface area contributed by atoms with E-state index < -0.39 is 0 Å². The van der Waals surface area contributed by atoms with E-state index in [0.717, 1.165) is 33.1 Å². The zero-order chi connectivity index (χ0) is 28.9. The molecule has 42 heavy (non-hydrogen) atoms. The van der Waals surface area contributed by atoms with Crippen LogP contribution in [0.3, 0.4) is 0 Å². The Labute approximate surface area is 271 Å². The van der Waals surface area contributed by atoms with Gasteiger partial charge in [0.15, 0.2) is 0 Å². The summed E-state index contributed by atoms with van der Waals surface area (Å²) in [6.45, 7) is 15.6. The Morgan fingerprint density at radius 3 is 2.38 bits per heavy atom. The number of nitrogens with zero attached hydrogens (tertiary/aromatic N) is 2. The van der Waals surface area contributed by atoms with E-state index in [1.54, 1.807) is 11.3 Å². The minimum Gasteiger partial charge on any atom is -0.502 e. The van der Waals surface area contributed by atoms with Crippen molar-refractivity contribution < 1.29 is 25.8 Å². The minimum atomic E-state index is 0. The Morgan fingerprint density at radius 2 is 1.62 bits per heavy atom. The minimum absolute atomic E-state index is 0. The van der Waals surface area contributed by atoms with Crippen molar-refractivity contribution in [1.82, 2.24) is 9.97 Å². The van der Waals surface area contributed by atoms with Crippen LogP contribution in [-0.2, 0) is 32.9 Å². The number of aromatic nitrogens is 2. The Hall–Kier alpha value is -2.85. The number of fused-ring (bicyclic) bond motifs is 3. The molecule has 0 spiro atoms. The molecule has 0 amide bonds. The van der Waals surface area contributed by atoms with Crippen LogP contribution in [0.15, 0.2) is 67.0 Å². The second-order valence-corrected chi connectivity index (χ2v) is 15.1. The molecule has 0 aliphatic rings. The van der Waals surface area contributed by atoms with Gasteiger partial charge in [0.2, 0.25) is 0 Å². The summed E-state index contributed by atoms with van der Waals surface area (Å²) in [6.07, 6.45) is 4.83. The molecule has 0 radical (unpaired) electrons. The van der Waals surface area contributed by atoms with Crippen molar-refractivity contribution in [2.75, 3.05) is 0 Å². The number of pyridine rings is 2. The van der Waals surface area contributed by atoms with Gasteiger partial charge >= 0.3 is 21.1 Å². The Kier molecular flexibility index (Phi) is 8.51. The predicted molar refractivity (Wildman–Crippen MR) is 174 cm³/mol. The normalized spacial score (nSPS) is 12.1.